The van der Waals surface area contributed by atoms with Crippen molar-refractivity contribution in [1.29, 1.82) is 21.3 Å². The molecule has 0 aliphatic carbocycles. The van der Waals surface area contributed by atoms with Crippen molar-refractivity contribution < 1.29 is 60.2 Å². The van der Waals surface area contributed by atoms with Crippen LogP contribution >= 0.6 is 31.9 Å². The van der Waals surface area contributed by atoms with Crippen molar-refractivity contribution in [3.8, 4) is 149 Å². The van der Waals surface area contributed by atoms with Crippen molar-refractivity contribution in [2.24, 2.45) is 33.2 Å². The van der Waals surface area contributed by atoms with Crippen molar-refractivity contribution in [3.63, 3.8) is 0 Å². The molecule has 9 heterocycles. The number of nitriles is 2. The van der Waals surface area contributed by atoms with Gasteiger partial charge in [-0.15, -0.1) is 0 Å². The van der Waals surface area contributed by atoms with Gasteiger partial charge in [-0.25, -0.2) is 14.5 Å². The number of amidine groups is 4. The van der Waals surface area contributed by atoms with Crippen LogP contribution < -0.4 is 28.4 Å². The topological polar surface area (TPSA) is 436 Å². The zero-order valence-electron chi connectivity index (χ0n) is 66.9. The van der Waals surface area contributed by atoms with E-state index in [1.807, 2.05) is 212 Å². The lowest BCUT2D eigenvalue weighted by Gasteiger charge is -2.01. The van der Waals surface area contributed by atoms with Gasteiger partial charge in [0, 0.05) is 66.8 Å². The van der Waals surface area contributed by atoms with Crippen LogP contribution in [0.15, 0.2) is 387 Å². The molecule has 0 spiro atoms. The second kappa shape index (κ2) is 41.8. The highest BCUT2D eigenvalue weighted by Gasteiger charge is 2.19. The summed E-state index contributed by atoms with van der Waals surface area (Å²) in [6.45, 7) is 20.7. The zero-order chi connectivity index (χ0) is 90.2. The van der Waals surface area contributed by atoms with Crippen LogP contribution in [0.5, 0.6) is 0 Å². The van der Waals surface area contributed by atoms with E-state index < -0.39 is 7.12 Å². The largest absolute Gasteiger partial charge is 0.488 e. The number of nitrogens with one attached hydrogen (secondary N) is 2. The van der Waals surface area contributed by atoms with Gasteiger partial charge in [0.05, 0.1) is 43.0 Å². The van der Waals surface area contributed by atoms with Crippen LogP contribution in [-0.2, 0) is 0 Å². The van der Waals surface area contributed by atoms with Crippen LogP contribution in [0.3, 0.4) is 0 Å². The Hall–Kier alpha value is -17.6. The molecule has 0 atom stereocenters. The van der Waals surface area contributed by atoms with Gasteiger partial charge in [0.2, 0.25) is 0 Å². The molecule has 14 N–H and O–H groups in total. The number of furan rings is 9. The van der Waals surface area contributed by atoms with E-state index in [-0.39, 0.29) is 23.3 Å². The Balaban J connectivity index is 0.000000135. The highest BCUT2D eigenvalue weighted by Crippen LogP contribution is 2.39. The minimum atomic E-state index is -1.46. The van der Waals surface area contributed by atoms with E-state index in [2.05, 4.69) is 62.8 Å². The predicted octanol–water partition coefficient (Wildman–Crippen LogP) is 23.8. The molecule has 624 valence electrons. The molecule has 29 heteroatoms. The number of oxime groups is 2. The van der Waals surface area contributed by atoms with Crippen LogP contribution in [0.4, 0.5) is 17.1 Å². The number of benzene rings is 9. The SMILES string of the molecule is N#Cc1ccc(B(O)O)cc1.N/C(=N\O)c1ccc(-c2ccc(-c3ccc(-c4ccc(/C(N)=N\O)cc4)o3)o2)cc1.N=C(N)c1ccc(-c2ccc(-c3ccc(-c4ccc(C(=N)N)cc4)o3)o2)cc1.[C-]#[N+]c1ccc(-c2ccc(-c3ccc(-c4ccc(C#N)cc4)o3)o2)cc1.[C-]#[N+]c1ccc(-c2ccc(-c3ccc(Br)o3)o2)cc1.[C-]#[N+]c1ccc(-c2ccc(Br)o2)cc1. The highest BCUT2D eigenvalue weighted by molar-refractivity contribution is 9.10. The molecule has 0 fully saturated rings. The molecule has 18 aromatic rings. The summed E-state index contributed by atoms with van der Waals surface area (Å²) in [4.78, 5) is 10.1. The first-order chi connectivity index (χ1) is 62.1. The third-order valence-corrected chi connectivity index (χ3v) is 19.8. The fraction of sp³-hybridized carbons (Fsp3) is 0. The monoisotopic (exact) mass is 1820 g/mol. The molecule has 128 heavy (non-hydrogen) atoms. The molecular weight excluding hydrogens is 1750 g/mol. The Morgan fingerprint density at radius 2 is 0.469 bits per heavy atom. The molecule has 0 bridgehead atoms. The first-order valence-corrected chi connectivity index (χ1v) is 39.8. The van der Waals surface area contributed by atoms with Crippen LogP contribution in [0.2, 0.25) is 0 Å². The molecule has 0 aliphatic heterocycles. The lowest BCUT2D eigenvalue weighted by atomic mass is 9.80. The fourth-order valence-electron chi connectivity index (χ4n) is 12.2. The van der Waals surface area contributed by atoms with Gasteiger partial charge in [-0.1, -0.05) is 192 Å². The standard InChI is InChI=1S/C22H18N4O4.C22H18N4O2.C22H12N2O2.C15H8BrNO2.C11H6BrNO.C7H6BNO2/c23-21(25-27)15-5-1-13(2-6-15)17-9-11-19(29-17)20-12-10-18(30-20)14-3-7-16(8-4-14)22(24)26-28;23-21(24)15-5-1-13(2-6-15)17-9-11-19(27-17)20-12-10-18(28-20)14-3-7-16(8-4-14)22(25)26;1-24-18-8-6-17(7-9-18)20-11-13-22(26-20)21-12-10-19(25-21)16-4-2-15(14-23)3-5-16;1-17-11-4-2-10(3-5-11)12-6-7-13(18-12)14-8-9-15(16)19-14;1-13-9-4-2-8(3-5-9)10-6-7-11(12)14-10;9-5-6-1-3-7(4-2-6)8(10)11/h1-12,27-28H,(H2,23,25)(H2,24,26);1-12H,(H3,23,24)(H3,25,26);2-13H;2-9H;2-7H;1-4,10-11H. The quantitative estimate of drug-likeness (QED) is 0.0101. The summed E-state index contributed by atoms with van der Waals surface area (Å²) in [5, 5.41) is 73.0. The smallest absolute Gasteiger partial charge is 0.453 e. The molecule has 0 unspecified atom stereocenters. The number of halogens is 2. The summed E-state index contributed by atoms with van der Waals surface area (Å²) in [6, 6.07) is 102. The first kappa shape index (κ1) is 88.2. The molecule has 26 nitrogen and oxygen atoms in total. The van der Waals surface area contributed by atoms with Crippen molar-refractivity contribution in [2.75, 3.05) is 0 Å². The van der Waals surface area contributed by atoms with Crippen molar-refractivity contribution >= 4 is 84.8 Å². The third kappa shape index (κ3) is 22.6. The molecule has 0 saturated heterocycles. The lowest BCUT2D eigenvalue weighted by molar-refractivity contribution is 0.318. The predicted molar refractivity (Wildman–Crippen MR) is 495 cm³/mol. The van der Waals surface area contributed by atoms with E-state index in [1.54, 1.807) is 97.1 Å². The van der Waals surface area contributed by atoms with Gasteiger partial charge < -0.3 is 83.2 Å². The maximum Gasteiger partial charge on any atom is 0.488 e. The van der Waals surface area contributed by atoms with Crippen LogP contribution in [-0.4, -0.2) is 50.9 Å². The third-order valence-electron chi connectivity index (χ3n) is 18.9. The maximum atomic E-state index is 8.88. The Kier molecular flexibility index (Phi) is 28.8. The van der Waals surface area contributed by atoms with Crippen molar-refractivity contribution in [1.82, 2.24) is 0 Å². The molecule has 0 radical (unpaired) electrons. The Morgan fingerprint density at radius 3 is 0.672 bits per heavy atom. The fourth-order valence-corrected chi connectivity index (χ4v) is 12.8. The summed E-state index contributed by atoms with van der Waals surface area (Å²) in [5.74, 6) is 10.9. The summed E-state index contributed by atoms with van der Waals surface area (Å²) in [5.41, 5.74) is 35.3. The van der Waals surface area contributed by atoms with Gasteiger partial charge >= 0.3 is 7.12 Å². The Bertz CT molecular complexity index is 6860. The van der Waals surface area contributed by atoms with Crippen molar-refractivity contribution in [3.05, 3.63) is 405 Å². The Morgan fingerprint density at radius 1 is 0.281 bits per heavy atom. The molecule has 9 aromatic carbocycles. The summed E-state index contributed by atoms with van der Waals surface area (Å²) in [7, 11) is -1.46. The van der Waals surface area contributed by atoms with E-state index in [1.165, 1.54) is 24.3 Å². The number of rotatable bonds is 17. The van der Waals surface area contributed by atoms with E-state index >= 15 is 0 Å². The lowest BCUT2D eigenvalue weighted by Crippen LogP contribution is -2.29. The molecule has 0 saturated carbocycles. The van der Waals surface area contributed by atoms with Gasteiger partial charge in [-0.3, -0.25) is 10.8 Å². The van der Waals surface area contributed by atoms with E-state index in [0.717, 1.165) is 56.0 Å². The van der Waals surface area contributed by atoms with E-state index in [0.29, 0.717) is 146 Å². The number of nitrogen functional groups attached to an aromatic ring is 2. The average molecular weight is 1820 g/mol. The summed E-state index contributed by atoms with van der Waals surface area (Å²) < 4.78 is 53.5. The van der Waals surface area contributed by atoms with Gasteiger partial charge in [-0.05, 0) is 183 Å². The number of hydrogen-bond acceptors (Lipinski definition) is 19. The molecule has 0 aliphatic rings. The first-order valence-electron chi connectivity index (χ1n) is 38.2. The van der Waals surface area contributed by atoms with Crippen LogP contribution in [0, 0.1) is 53.2 Å². The normalized spacial score (nSPS) is 10.6. The Labute approximate surface area is 748 Å². The molecule has 0 amide bonds. The molecule has 18 rings (SSSR count). The average Bonchev–Trinajstić information content (AvgIpc) is 1.67. The van der Waals surface area contributed by atoms with Gasteiger partial charge in [0.1, 0.15) is 57.8 Å². The summed E-state index contributed by atoms with van der Waals surface area (Å²) in [6.07, 6.45) is 0. The second-order valence-electron chi connectivity index (χ2n) is 27.2. The van der Waals surface area contributed by atoms with Gasteiger partial charge in [-0.2, -0.15) is 10.5 Å². The number of nitrogens with two attached hydrogens (primary N) is 4. The highest BCUT2D eigenvalue weighted by atomic mass is 79.9. The second-order valence-corrected chi connectivity index (χ2v) is 28.8. The van der Waals surface area contributed by atoms with Crippen LogP contribution in [0.1, 0.15) is 33.4 Å². The molecule has 9 aromatic heterocycles. The van der Waals surface area contributed by atoms with E-state index in [9.17, 15) is 0 Å². The number of hydrogen-bond donors (Lipinski definition) is 10. The van der Waals surface area contributed by atoms with Crippen molar-refractivity contribution in [2.45, 2.75) is 0 Å². The van der Waals surface area contributed by atoms with Gasteiger partial charge in [0.15, 0.2) is 84.2 Å². The van der Waals surface area contributed by atoms with Gasteiger partial charge in [0.25, 0.3) is 0 Å². The molecular formula is C99H68BBr2N13O13. The zero-order valence-corrected chi connectivity index (χ0v) is 70.1. The summed E-state index contributed by atoms with van der Waals surface area (Å²) >= 11 is 6.50. The minimum Gasteiger partial charge on any atom is -0.453 e. The number of nitrogens with zero attached hydrogens (tertiary/aromatic N) is 7. The maximum absolute atomic E-state index is 8.88. The minimum absolute atomic E-state index is 0.0335. The van der Waals surface area contributed by atoms with E-state index in [4.69, 9.17) is 124 Å². The van der Waals surface area contributed by atoms with Crippen LogP contribution in [0.25, 0.3) is 151 Å².